The number of thiazole rings is 1. The van der Waals surface area contributed by atoms with Gasteiger partial charge in [-0.1, -0.05) is 37.7 Å². The van der Waals surface area contributed by atoms with E-state index in [1.54, 1.807) is 15.6 Å². The topological polar surface area (TPSA) is 88.5 Å². The van der Waals surface area contributed by atoms with E-state index in [0.29, 0.717) is 25.4 Å². The molecule has 0 N–H and O–H groups in total. The smallest absolute Gasteiger partial charge is 0.274 e. The highest BCUT2D eigenvalue weighted by Crippen LogP contribution is 2.35. The van der Waals surface area contributed by atoms with Gasteiger partial charge >= 0.3 is 0 Å². The normalized spacial score (nSPS) is 18.5. The quantitative estimate of drug-likeness (QED) is 0.375. The van der Waals surface area contributed by atoms with Gasteiger partial charge in [0.25, 0.3) is 5.19 Å². The number of ether oxygens (including phenoxy) is 1. The summed E-state index contributed by atoms with van der Waals surface area (Å²) in [5, 5.41) is 0.728. The first kappa shape index (κ1) is 26.3. The van der Waals surface area contributed by atoms with Crippen molar-refractivity contribution in [3.05, 3.63) is 41.7 Å². The molecule has 0 unspecified atom stereocenters. The molecule has 2 aliphatic heterocycles. The molecular weight excluding hydrogens is 506 g/mol. The third-order valence-corrected chi connectivity index (χ3v) is 10.4. The fourth-order valence-corrected chi connectivity index (χ4v) is 7.79. The van der Waals surface area contributed by atoms with Crippen LogP contribution < -0.4 is 9.64 Å². The Morgan fingerprint density at radius 1 is 1.00 bits per heavy atom. The highest BCUT2D eigenvalue weighted by molar-refractivity contribution is 7.89. The molecule has 2 fully saturated rings. The Bertz CT molecular complexity index is 1280. The largest absolute Gasteiger partial charge is 0.467 e. The molecule has 5 rings (SSSR count). The first-order valence-electron chi connectivity index (χ1n) is 13.6. The Balaban J connectivity index is 1.16. The van der Waals surface area contributed by atoms with Crippen molar-refractivity contribution < 1.29 is 13.2 Å². The molecule has 0 radical (unpaired) electrons. The van der Waals surface area contributed by atoms with E-state index >= 15 is 0 Å². The van der Waals surface area contributed by atoms with Crippen molar-refractivity contribution in [1.82, 2.24) is 19.3 Å². The summed E-state index contributed by atoms with van der Waals surface area (Å²) in [5.74, 6) is 1.43. The van der Waals surface area contributed by atoms with Gasteiger partial charge in [-0.25, -0.2) is 27.7 Å². The van der Waals surface area contributed by atoms with Gasteiger partial charge in [0.05, 0.1) is 16.0 Å². The fraction of sp³-hybridized carbons (Fsp3) is 0.593. The highest BCUT2D eigenvalue weighted by Gasteiger charge is 2.28. The third-order valence-electron chi connectivity index (χ3n) is 7.40. The highest BCUT2D eigenvalue weighted by atomic mass is 32.2. The molecule has 2 saturated heterocycles. The molecule has 10 heteroatoms. The molecule has 2 aliphatic rings. The van der Waals surface area contributed by atoms with Gasteiger partial charge in [-0.2, -0.15) is 0 Å². The van der Waals surface area contributed by atoms with Crippen molar-refractivity contribution in [3.63, 3.8) is 0 Å². The lowest BCUT2D eigenvalue weighted by atomic mass is 9.90. The third kappa shape index (κ3) is 6.23. The summed E-state index contributed by atoms with van der Waals surface area (Å²) in [6.45, 7) is 7.04. The second-order valence-corrected chi connectivity index (χ2v) is 13.2. The van der Waals surface area contributed by atoms with Crippen LogP contribution in [-0.2, 0) is 16.4 Å². The summed E-state index contributed by atoms with van der Waals surface area (Å²) >= 11 is 1.61. The van der Waals surface area contributed by atoms with E-state index in [-0.39, 0.29) is 11.9 Å². The van der Waals surface area contributed by atoms with Crippen LogP contribution >= 0.6 is 11.3 Å². The van der Waals surface area contributed by atoms with Crippen LogP contribution in [0.15, 0.2) is 30.6 Å². The zero-order valence-electron chi connectivity index (χ0n) is 21.8. The first-order valence-corrected chi connectivity index (χ1v) is 16.0. The maximum absolute atomic E-state index is 12.4. The molecule has 200 valence electrons. The second kappa shape index (κ2) is 11.6. The predicted octanol–water partition coefficient (Wildman–Crippen LogP) is 5.01. The summed E-state index contributed by atoms with van der Waals surface area (Å²) in [7, 11) is -3.11. The number of hydrogen-bond donors (Lipinski definition) is 0. The van der Waals surface area contributed by atoms with Gasteiger partial charge in [0.2, 0.25) is 16.0 Å². The summed E-state index contributed by atoms with van der Waals surface area (Å²) in [5.41, 5.74) is 3.42. The van der Waals surface area contributed by atoms with Crippen molar-refractivity contribution in [1.29, 1.82) is 0 Å². The molecule has 1 aromatic carbocycles. The number of nitrogens with zero attached hydrogens (tertiary/aromatic N) is 5. The molecule has 0 amide bonds. The Morgan fingerprint density at radius 2 is 1.73 bits per heavy atom. The van der Waals surface area contributed by atoms with E-state index in [4.69, 9.17) is 9.72 Å². The van der Waals surface area contributed by atoms with Gasteiger partial charge in [0.15, 0.2) is 0 Å². The van der Waals surface area contributed by atoms with E-state index < -0.39 is 10.0 Å². The molecule has 3 aromatic rings. The van der Waals surface area contributed by atoms with Crippen molar-refractivity contribution in [2.24, 2.45) is 0 Å². The molecule has 0 aliphatic carbocycles. The monoisotopic (exact) mass is 543 g/mol. The maximum atomic E-state index is 12.4. The molecule has 0 saturated carbocycles. The number of piperidine rings is 2. The van der Waals surface area contributed by atoms with E-state index in [9.17, 15) is 8.42 Å². The second-order valence-electron chi connectivity index (χ2n) is 10.1. The SMILES string of the molecule is CCCc1cnc(N2CCC(Oc3nc4ccc(C5CCN(S(=O)(=O)CCC)CC5)cc4s3)CC2)nc1. The zero-order chi connectivity index (χ0) is 25.8. The number of rotatable bonds is 9. The number of aryl methyl sites for hydroxylation is 1. The fourth-order valence-electron chi connectivity index (χ4n) is 5.32. The summed E-state index contributed by atoms with van der Waals surface area (Å²) < 4.78 is 33.9. The molecule has 0 bridgehead atoms. The number of sulfonamides is 1. The van der Waals surface area contributed by atoms with Gasteiger partial charge in [0, 0.05) is 51.4 Å². The molecule has 37 heavy (non-hydrogen) atoms. The lowest BCUT2D eigenvalue weighted by molar-refractivity contribution is 0.170. The van der Waals surface area contributed by atoms with Crippen LogP contribution in [0.1, 0.15) is 69.4 Å². The van der Waals surface area contributed by atoms with Crippen LogP contribution in [0.2, 0.25) is 0 Å². The van der Waals surface area contributed by atoms with Gasteiger partial charge < -0.3 is 9.64 Å². The Kier molecular flexibility index (Phi) is 8.26. The number of hydrogen-bond acceptors (Lipinski definition) is 8. The number of fused-ring (bicyclic) bond motifs is 1. The van der Waals surface area contributed by atoms with Crippen LogP contribution in [0.5, 0.6) is 5.19 Å². The van der Waals surface area contributed by atoms with Crippen molar-refractivity contribution in [2.45, 2.75) is 70.8 Å². The van der Waals surface area contributed by atoms with Crippen molar-refractivity contribution >= 4 is 37.5 Å². The van der Waals surface area contributed by atoms with Crippen LogP contribution in [0.3, 0.4) is 0 Å². The van der Waals surface area contributed by atoms with Gasteiger partial charge in [0.1, 0.15) is 6.10 Å². The van der Waals surface area contributed by atoms with Crippen LogP contribution in [0, 0.1) is 0 Å². The van der Waals surface area contributed by atoms with E-state index in [2.05, 4.69) is 40.0 Å². The standard InChI is InChI=1S/C27H37N5O3S2/c1-3-5-20-18-28-26(29-19-20)31-12-10-23(11-13-31)35-27-30-24-7-6-22(17-25(24)36-27)21-8-14-32(15-9-21)37(33,34)16-4-2/h6-7,17-19,21,23H,3-5,8-16H2,1-2H3. The minimum absolute atomic E-state index is 0.144. The number of benzene rings is 1. The summed E-state index contributed by atoms with van der Waals surface area (Å²) in [6.07, 6.45) is 10.4. The van der Waals surface area contributed by atoms with Crippen LogP contribution in [-0.4, -0.2) is 65.7 Å². The number of aromatic nitrogens is 3. The summed E-state index contributed by atoms with van der Waals surface area (Å²) in [4.78, 5) is 16.1. The maximum Gasteiger partial charge on any atom is 0.274 e. The predicted molar refractivity (Wildman–Crippen MR) is 149 cm³/mol. The zero-order valence-corrected chi connectivity index (χ0v) is 23.4. The molecule has 2 aromatic heterocycles. The lowest BCUT2D eigenvalue weighted by Crippen LogP contribution is -2.39. The van der Waals surface area contributed by atoms with E-state index in [1.807, 2.05) is 19.3 Å². The van der Waals surface area contributed by atoms with Gasteiger partial charge in [-0.3, -0.25) is 0 Å². The van der Waals surface area contributed by atoms with Crippen LogP contribution in [0.4, 0.5) is 5.95 Å². The molecular formula is C27H37N5O3S2. The first-order chi connectivity index (χ1) is 17.9. The molecule has 4 heterocycles. The average Bonchev–Trinajstić information content (AvgIpc) is 3.31. The lowest BCUT2D eigenvalue weighted by Gasteiger charge is -2.31. The number of anilines is 1. The molecule has 0 spiro atoms. The molecule has 8 nitrogen and oxygen atoms in total. The van der Waals surface area contributed by atoms with Gasteiger partial charge in [-0.05, 0) is 54.9 Å². The van der Waals surface area contributed by atoms with E-state index in [1.165, 1.54) is 11.1 Å². The van der Waals surface area contributed by atoms with Crippen molar-refractivity contribution in [2.75, 3.05) is 36.8 Å². The Labute approximate surface area is 224 Å². The average molecular weight is 544 g/mol. The van der Waals surface area contributed by atoms with Gasteiger partial charge in [-0.15, -0.1) is 0 Å². The Hall–Kier alpha value is -2.30. The minimum Gasteiger partial charge on any atom is -0.467 e. The van der Waals surface area contributed by atoms with Crippen molar-refractivity contribution in [3.8, 4) is 5.19 Å². The molecule has 0 atom stereocenters. The van der Waals surface area contributed by atoms with E-state index in [0.717, 1.165) is 73.0 Å². The van der Waals surface area contributed by atoms with Crippen LogP contribution in [0.25, 0.3) is 10.2 Å². The summed E-state index contributed by atoms with van der Waals surface area (Å²) in [6, 6.07) is 6.45. The Morgan fingerprint density at radius 3 is 2.41 bits per heavy atom. The minimum atomic E-state index is -3.11.